The Kier molecular flexibility index (Phi) is 5.46. The monoisotopic (exact) mass is 452 g/mol. The van der Waals surface area contributed by atoms with Crippen LogP contribution < -0.4 is 18.9 Å². The van der Waals surface area contributed by atoms with Crippen LogP contribution >= 0.6 is 0 Å². The van der Waals surface area contributed by atoms with Gasteiger partial charge in [0.25, 0.3) is 0 Å². The van der Waals surface area contributed by atoms with Gasteiger partial charge in [-0.25, -0.2) is 0 Å². The first kappa shape index (κ1) is 21.6. The predicted molar refractivity (Wildman–Crippen MR) is 132 cm³/mol. The van der Waals surface area contributed by atoms with Crippen molar-refractivity contribution in [3.63, 3.8) is 0 Å². The summed E-state index contributed by atoms with van der Waals surface area (Å²) in [6, 6.07) is 23.5. The maximum Gasteiger partial charge on any atom is 0.194 e. The Labute approximate surface area is 198 Å². The van der Waals surface area contributed by atoms with E-state index in [-0.39, 0.29) is 5.78 Å². The summed E-state index contributed by atoms with van der Waals surface area (Å²) in [5.41, 5.74) is 7.24. The molecule has 0 fully saturated rings. The average molecular weight is 453 g/mol. The van der Waals surface area contributed by atoms with E-state index >= 15 is 0 Å². The van der Waals surface area contributed by atoms with Gasteiger partial charge < -0.3 is 18.9 Å². The smallest absolute Gasteiger partial charge is 0.194 e. The van der Waals surface area contributed by atoms with E-state index in [1.807, 2.05) is 60.7 Å². The van der Waals surface area contributed by atoms with Crippen LogP contribution in [0.1, 0.15) is 15.9 Å². The van der Waals surface area contributed by atoms with Gasteiger partial charge in [0.15, 0.2) is 28.8 Å². The Hall–Kier alpha value is -4.25. The molecule has 4 aromatic carbocycles. The first-order chi connectivity index (χ1) is 16.6. The molecule has 0 aliphatic heterocycles. The maximum atomic E-state index is 13.1. The molecular weight excluding hydrogens is 428 g/mol. The van der Waals surface area contributed by atoms with Gasteiger partial charge in [0.1, 0.15) is 0 Å². The standard InChI is InChI=1S/C29H24O5/c1-31-25-11-7-19(15-27(25)33-3)17-5-9-21-23(13-17)24-14-18(6-10-22(24)29(21)30)20-8-12-26(32-2)28(16-20)34-4/h5-16H,1-4H3. The van der Waals surface area contributed by atoms with Crippen molar-refractivity contribution >= 4 is 5.78 Å². The second-order valence-corrected chi connectivity index (χ2v) is 7.99. The number of carbonyl (C=O) groups is 1. The second kappa shape index (κ2) is 8.60. The average Bonchev–Trinajstić information content (AvgIpc) is 3.18. The van der Waals surface area contributed by atoms with Crippen LogP contribution in [0.2, 0.25) is 0 Å². The Balaban J connectivity index is 1.60. The Morgan fingerprint density at radius 2 is 0.765 bits per heavy atom. The molecule has 4 aromatic rings. The molecule has 0 N–H and O–H groups in total. The van der Waals surface area contributed by atoms with Crippen molar-refractivity contribution in [2.45, 2.75) is 0 Å². The fourth-order valence-corrected chi connectivity index (χ4v) is 4.47. The molecule has 0 aromatic heterocycles. The molecule has 1 aliphatic rings. The molecule has 0 saturated carbocycles. The first-order valence-electron chi connectivity index (χ1n) is 10.9. The lowest BCUT2D eigenvalue weighted by Gasteiger charge is -2.12. The highest BCUT2D eigenvalue weighted by atomic mass is 16.5. The van der Waals surface area contributed by atoms with Gasteiger partial charge in [-0.15, -0.1) is 0 Å². The number of ether oxygens (including phenoxy) is 4. The molecule has 5 rings (SSSR count). The molecule has 34 heavy (non-hydrogen) atoms. The molecule has 0 radical (unpaired) electrons. The van der Waals surface area contributed by atoms with Gasteiger partial charge in [0, 0.05) is 11.1 Å². The lowest BCUT2D eigenvalue weighted by Crippen LogP contribution is -1.95. The number of methoxy groups -OCH3 is 4. The first-order valence-corrected chi connectivity index (χ1v) is 10.9. The number of carbonyl (C=O) groups excluding carboxylic acids is 1. The molecule has 0 spiro atoms. The minimum atomic E-state index is 0.0442. The number of benzene rings is 4. The number of fused-ring (bicyclic) bond motifs is 3. The van der Waals surface area contributed by atoms with Crippen LogP contribution in [0.15, 0.2) is 72.8 Å². The zero-order chi connectivity index (χ0) is 23.8. The summed E-state index contributed by atoms with van der Waals surface area (Å²) in [5, 5.41) is 0. The molecule has 1 aliphatic carbocycles. The summed E-state index contributed by atoms with van der Waals surface area (Å²) in [6.07, 6.45) is 0. The van der Waals surface area contributed by atoms with Crippen molar-refractivity contribution in [1.82, 2.24) is 0 Å². The van der Waals surface area contributed by atoms with E-state index in [9.17, 15) is 4.79 Å². The van der Waals surface area contributed by atoms with Crippen molar-refractivity contribution in [2.24, 2.45) is 0 Å². The molecule has 0 amide bonds. The lowest BCUT2D eigenvalue weighted by atomic mass is 9.96. The molecule has 0 atom stereocenters. The van der Waals surface area contributed by atoms with Crippen LogP contribution in [0.4, 0.5) is 0 Å². The van der Waals surface area contributed by atoms with Crippen molar-refractivity contribution in [3.8, 4) is 56.4 Å². The summed E-state index contributed by atoms with van der Waals surface area (Å²) in [7, 11) is 6.47. The predicted octanol–water partition coefficient (Wildman–Crippen LogP) is 6.27. The van der Waals surface area contributed by atoms with Crippen LogP contribution in [0.3, 0.4) is 0 Å². The van der Waals surface area contributed by atoms with Crippen LogP contribution in [0.5, 0.6) is 23.0 Å². The fourth-order valence-electron chi connectivity index (χ4n) is 4.47. The van der Waals surface area contributed by atoms with E-state index in [1.54, 1.807) is 28.4 Å². The fraction of sp³-hybridized carbons (Fsp3) is 0.138. The van der Waals surface area contributed by atoms with Crippen molar-refractivity contribution in [3.05, 3.63) is 83.9 Å². The summed E-state index contributed by atoms with van der Waals surface area (Å²) in [6.45, 7) is 0. The number of hydrogen-bond acceptors (Lipinski definition) is 5. The summed E-state index contributed by atoms with van der Waals surface area (Å²) in [5.74, 6) is 2.71. The van der Waals surface area contributed by atoms with Gasteiger partial charge in [0.2, 0.25) is 0 Å². The third-order valence-corrected chi connectivity index (χ3v) is 6.25. The molecular formula is C29H24O5. The topological polar surface area (TPSA) is 54.0 Å². The molecule has 170 valence electrons. The van der Waals surface area contributed by atoms with E-state index in [1.165, 1.54) is 0 Å². The molecule has 0 unspecified atom stereocenters. The van der Waals surface area contributed by atoms with Gasteiger partial charge in [-0.2, -0.15) is 0 Å². The van der Waals surface area contributed by atoms with E-state index in [4.69, 9.17) is 18.9 Å². The van der Waals surface area contributed by atoms with Gasteiger partial charge in [-0.05, 0) is 81.9 Å². The lowest BCUT2D eigenvalue weighted by molar-refractivity contribution is 0.104. The minimum absolute atomic E-state index is 0.0442. The van der Waals surface area contributed by atoms with Crippen LogP contribution in [-0.4, -0.2) is 34.2 Å². The number of rotatable bonds is 6. The van der Waals surface area contributed by atoms with Crippen LogP contribution in [-0.2, 0) is 0 Å². The second-order valence-electron chi connectivity index (χ2n) is 7.99. The number of ketones is 1. The summed E-state index contributed by atoms with van der Waals surface area (Å²) < 4.78 is 21.7. The Bertz CT molecular complexity index is 1310. The quantitative estimate of drug-likeness (QED) is 0.304. The van der Waals surface area contributed by atoms with Gasteiger partial charge >= 0.3 is 0 Å². The Morgan fingerprint density at radius 3 is 1.15 bits per heavy atom. The third kappa shape index (κ3) is 3.46. The molecule has 0 bridgehead atoms. The Morgan fingerprint density at radius 1 is 0.412 bits per heavy atom. The van der Waals surface area contributed by atoms with Gasteiger partial charge in [0.05, 0.1) is 28.4 Å². The van der Waals surface area contributed by atoms with Crippen molar-refractivity contribution < 1.29 is 23.7 Å². The highest BCUT2D eigenvalue weighted by Gasteiger charge is 2.27. The highest BCUT2D eigenvalue weighted by Crippen LogP contribution is 2.42. The molecule has 5 nitrogen and oxygen atoms in total. The van der Waals surface area contributed by atoms with E-state index in [0.29, 0.717) is 34.1 Å². The van der Waals surface area contributed by atoms with Crippen molar-refractivity contribution in [2.75, 3.05) is 28.4 Å². The van der Waals surface area contributed by atoms with E-state index in [2.05, 4.69) is 12.1 Å². The normalized spacial score (nSPS) is 11.6. The van der Waals surface area contributed by atoms with Gasteiger partial charge in [-0.3, -0.25) is 4.79 Å². The van der Waals surface area contributed by atoms with E-state index < -0.39 is 0 Å². The molecule has 0 saturated heterocycles. The highest BCUT2D eigenvalue weighted by molar-refractivity contribution is 6.22. The zero-order valence-corrected chi connectivity index (χ0v) is 19.5. The minimum Gasteiger partial charge on any atom is -0.493 e. The summed E-state index contributed by atoms with van der Waals surface area (Å²) in [4.78, 5) is 13.1. The van der Waals surface area contributed by atoms with Crippen molar-refractivity contribution in [1.29, 1.82) is 0 Å². The molecule has 5 heteroatoms. The SMILES string of the molecule is COc1ccc(-c2ccc3c(c2)-c2cc(-c4ccc(OC)c(OC)c4)ccc2C3=O)cc1OC. The third-order valence-electron chi connectivity index (χ3n) is 6.25. The zero-order valence-electron chi connectivity index (χ0n) is 19.5. The van der Waals surface area contributed by atoms with E-state index in [0.717, 1.165) is 33.4 Å². The maximum absolute atomic E-state index is 13.1. The molecule has 0 heterocycles. The van der Waals surface area contributed by atoms with Gasteiger partial charge in [-0.1, -0.05) is 24.3 Å². The van der Waals surface area contributed by atoms with Crippen LogP contribution in [0.25, 0.3) is 33.4 Å². The number of hydrogen-bond donors (Lipinski definition) is 0. The van der Waals surface area contributed by atoms with Crippen LogP contribution in [0, 0.1) is 0 Å². The largest absolute Gasteiger partial charge is 0.493 e. The summed E-state index contributed by atoms with van der Waals surface area (Å²) >= 11 is 0.